The second-order valence-corrected chi connectivity index (χ2v) is 6.43. The van der Waals surface area contributed by atoms with Crippen LogP contribution >= 0.6 is 0 Å². The van der Waals surface area contributed by atoms with E-state index in [1.807, 2.05) is 19.1 Å². The van der Waals surface area contributed by atoms with Crippen LogP contribution in [0.4, 0.5) is 0 Å². The lowest BCUT2D eigenvalue weighted by Gasteiger charge is -2.21. The maximum absolute atomic E-state index is 12.2. The second-order valence-electron chi connectivity index (χ2n) is 6.43. The molecule has 114 valence electrons. The van der Waals surface area contributed by atoms with Gasteiger partial charge in [0.25, 0.3) is 5.91 Å². The van der Waals surface area contributed by atoms with Crippen LogP contribution in [0.15, 0.2) is 41.0 Å². The highest BCUT2D eigenvalue weighted by molar-refractivity contribution is 5.92. The summed E-state index contributed by atoms with van der Waals surface area (Å²) in [6, 6.07) is 9.55. The highest BCUT2D eigenvalue weighted by Crippen LogP contribution is 2.49. The molecule has 1 saturated heterocycles. The molecule has 0 bridgehead atoms. The van der Waals surface area contributed by atoms with Gasteiger partial charge in [-0.25, -0.2) is 0 Å². The minimum absolute atomic E-state index is 0.0618. The third-order valence-corrected chi connectivity index (χ3v) is 4.66. The van der Waals surface area contributed by atoms with Crippen molar-refractivity contribution in [3.8, 4) is 0 Å². The topological polar surface area (TPSA) is 58.4 Å². The van der Waals surface area contributed by atoms with Gasteiger partial charge < -0.3 is 9.73 Å². The van der Waals surface area contributed by atoms with Gasteiger partial charge >= 0.3 is 0 Å². The number of amides is 1. The molecule has 5 nitrogen and oxygen atoms in total. The summed E-state index contributed by atoms with van der Waals surface area (Å²) in [4.78, 5) is 19.1. The fourth-order valence-corrected chi connectivity index (χ4v) is 3.51. The van der Waals surface area contributed by atoms with Gasteiger partial charge in [0, 0.05) is 25.3 Å². The lowest BCUT2D eigenvalue weighted by atomic mass is 10.2. The Morgan fingerprint density at radius 3 is 3.14 bits per heavy atom. The molecule has 0 spiro atoms. The summed E-state index contributed by atoms with van der Waals surface area (Å²) in [6.45, 7) is 4.76. The summed E-state index contributed by atoms with van der Waals surface area (Å²) >= 11 is 0. The maximum Gasteiger partial charge on any atom is 0.287 e. The average molecular weight is 297 g/mol. The fourth-order valence-electron chi connectivity index (χ4n) is 3.51. The molecule has 22 heavy (non-hydrogen) atoms. The molecule has 1 N–H and O–H groups in total. The van der Waals surface area contributed by atoms with E-state index in [1.165, 1.54) is 6.26 Å². The van der Waals surface area contributed by atoms with Gasteiger partial charge in [-0.2, -0.15) is 0 Å². The van der Waals surface area contributed by atoms with E-state index in [-0.39, 0.29) is 11.4 Å². The summed E-state index contributed by atoms with van der Waals surface area (Å²) in [7, 11) is 0. The molecular formula is C17H19N3O2. The molecule has 0 unspecified atom stereocenters. The number of rotatable bonds is 4. The number of fused-ring (bicyclic) bond motifs is 1. The number of piperidine rings is 1. The zero-order valence-electron chi connectivity index (χ0n) is 12.6. The zero-order chi connectivity index (χ0) is 15.2. The van der Waals surface area contributed by atoms with Crippen LogP contribution in [-0.4, -0.2) is 34.4 Å². The van der Waals surface area contributed by atoms with Crippen molar-refractivity contribution in [2.75, 3.05) is 13.1 Å². The van der Waals surface area contributed by atoms with Gasteiger partial charge in [-0.3, -0.25) is 14.7 Å². The summed E-state index contributed by atoms with van der Waals surface area (Å²) in [5.41, 5.74) is 2.07. The van der Waals surface area contributed by atoms with Crippen molar-refractivity contribution >= 4 is 5.91 Å². The van der Waals surface area contributed by atoms with Crippen LogP contribution in [-0.2, 0) is 6.54 Å². The molecule has 1 aliphatic carbocycles. The number of carbonyl (C=O) groups excluding carboxylic acids is 1. The number of aromatic nitrogens is 1. The molecule has 2 aromatic rings. The SMILES string of the molecule is Cc1cccc(CN2C[C@H]3C[C@]3(NC(=O)c3ccco3)C2)n1. The van der Waals surface area contributed by atoms with Crippen molar-refractivity contribution < 1.29 is 9.21 Å². The van der Waals surface area contributed by atoms with Gasteiger partial charge in [0.05, 0.1) is 17.5 Å². The van der Waals surface area contributed by atoms with Crippen molar-refractivity contribution in [2.24, 2.45) is 5.92 Å². The van der Waals surface area contributed by atoms with Crippen LogP contribution in [0.1, 0.15) is 28.4 Å². The normalized spacial score (nSPS) is 26.7. The number of furan rings is 1. The Balaban J connectivity index is 1.39. The quantitative estimate of drug-likeness (QED) is 0.937. The largest absolute Gasteiger partial charge is 0.459 e. The summed E-state index contributed by atoms with van der Waals surface area (Å²) in [6.07, 6.45) is 2.60. The highest BCUT2D eigenvalue weighted by atomic mass is 16.3. The lowest BCUT2D eigenvalue weighted by Crippen LogP contribution is -2.42. The first-order valence-corrected chi connectivity index (χ1v) is 7.66. The van der Waals surface area contributed by atoms with Crippen molar-refractivity contribution in [2.45, 2.75) is 25.4 Å². The van der Waals surface area contributed by atoms with E-state index in [0.717, 1.165) is 37.4 Å². The molecule has 2 aliphatic rings. The van der Waals surface area contributed by atoms with Crippen molar-refractivity contribution in [1.29, 1.82) is 0 Å². The number of nitrogens with one attached hydrogen (secondary N) is 1. The number of hydrogen-bond acceptors (Lipinski definition) is 4. The average Bonchev–Trinajstić information content (AvgIpc) is 2.88. The molecule has 0 aromatic carbocycles. The predicted molar refractivity (Wildman–Crippen MR) is 81.3 cm³/mol. The third-order valence-electron chi connectivity index (χ3n) is 4.66. The first-order chi connectivity index (χ1) is 10.6. The third kappa shape index (κ3) is 2.41. The van der Waals surface area contributed by atoms with Crippen LogP contribution in [0.25, 0.3) is 0 Å². The second kappa shape index (κ2) is 4.95. The number of pyridine rings is 1. The van der Waals surface area contributed by atoms with E-state index in [2.05, 4.69) is 21.3 Å². The molecule has 2 atom stereocenters. The lowest BCUT2D eigenvalue weighted by molar-refractivity contribution is 0.0898. The Morgan fingerprint density at radius 1 is 1.45 bits per heavy atom. The van der Waals surface area contributed by atoms with Gasteiger partial charge in [-0.15, -0.1) is 0 Å². The molecule has 2 aromatic heterocycles. The van der Waals surface area contributed by atoms with Crippen molar-refractivity contribution in [3.05, 3.63) is 53.7 Å². The summed E-state index contributed by atoms with van der Waals surface area (Å²) in [5, 5.41) is 3.16. The van der Waals surface area contributed by atoms with Crippen LogP contribution in [0.5, 0.6) is 0 Å². The molecule has 5 heteroatoms. The minimum atomic E-state index is -0.108. The maximum atomic E-state index is 12.2. The Hall–Kier alpha value is -2.14. The van der Waals surface area contributed by atoms with Gasteiger partial charge in [0.2, 0.25) is 0 Å². The molecule has 1 aliphatic heterocycles. The van der Waals surface area contributed by atoms with Crippen LogP contribution in [0.2, 0.25) is 0 Å². The molecule has 3 heterocycles. The predicted octanol–water partition coefficient (Wildman–Crippen LogP) is 1.99. The molecule has 0 radical (unpaired) electrons. The fraction of sp³-hybridized carbons (Fsp3) is 0.412. The van der Waals surface area contributed by atoms with E-state index < -0.39 is 0 Å². The summed E-state index contributed by atoms with van der Waals surface area (Å²) in [5.74, 6) is 0.832. The van der Waals surface area contributed by atoms with E-state index >= 15 is 0 Å². The monoisotopic (exact) mass is 297 g/mol. The molecule has 4 rings (SSSR count). The van der Waals surface area contributed by atoms with Crippen molar-refractivity contribution in [1.82, 2.24) is 15.2 Å². The number of nitrogens with zero attached hydrogens (tertiary/aromatic N) is 2. The van der Waals surface area contributed by atoms with E-state index in [1.54, 1.807) is 12.1 Å². The van der Waals surface area contributed by atoms with E-state index in [0.29, 0.717) is 11.7 Å². The van der Waals surface area contributed by atoms with Gasteiger partial charge in [0.15, 0.2) is 5.76 Å². The standard InChI is InChI=1S/C17H19N3O2/c1-12-4-2-5-14(18-12)10-20-9-13-8-17(13,11-20)19-16(21)15-6-3-7-22-15/h2-7,13H,8-11H2,1H3,(H,19,21)/t13-,17+/m1/s1. The van der Waals surface area contributed by atoms with Gasteiger partial charge in [-0.1, -0.05) is 6.07 Å². The van der Waals surface area contributed by atoms with Crippen LogP contribution in [0.3, 0.4) is 0 Å². The molecule has 1 amide bonds. The Labute approximate surface area is 129 Å². The zero-order valence-corrected chi connectivity index (χ0v) is 12.6. The first kappa shape index (κ1) is 13.5. The Bertz CT molecular complexity index is 698. The number of aryl methyl sites for hydroxylation is 1. The van der Waals surface area contributed by atoms with Gasteiger partial charge in [0.1, 0.15) is 0 Å². The van der Waals surface area contributed by atoms with Crippen LogP contribution < -0.4 is 5.32 Å². The van der Waals surface area contributed by atoms with E-state index in [9.17, 15) is 4.79 Å². The Morgan fingerprint density at radius 2 is 2.36 bits per heavy atom. The molecular weight excluding hydrogens is 278 g/mol. The molecule has 2 fully saturated rings. The smallest absolute Gasteiger partial charge is 0.287 e. The minimum Gasteiger partial charge on any atom is -0.459 e. The van der Waals surface area contributed by atoms with Crippen molar-refractivity contribution in [3.63, 3.8) is 0 Å². The number of likely N-dealkylation sites (tertiary alicyclic amines) is 1. The number of carbonyl (C=O) groups is 1. The molecule has 1 saturated carbocycles. The number of hydrogen-bond donors (Lipinski definition) is 1. The van der Waals surface area contributed by atoms with Crippen LogP contribution in [0, 0.1) is 12.8 Å². The first-order valence-electron chi connectivity index (χ1n) is 7.66. The van der Waals surface area contributed by atoms with Gasteiger partial charge in [-0.05, 0) is 43.5 Å². The Kier molecular flexibility index (Phi) is 3.04. The van der Waals surface area contributed by atoms with E-state index in [4.69, 9.17) is 4.42 Å². The highest BCUT2D eigenvalue weighted by Gasteiger charge is 2.60. The summed E-state index contributed by atoms with van der Waals surface area (Å²) < 4.78 is 5.17.